The molecule has 9 nitrogen and oxygen atoms in total. The van der Waals surface area contributed by atoms with Crippen LogP contribution < -0.4 is 20.3 Å². The monoisotopic (exact) mass is 525 g/mol. The number of nitrogens with zero attached hydrogens (tertiary/aromatic N) is 4. The predicted octanol–water partition coefficient (Wildman–Crippen LogP) is 3.34. The summed E-state index contributed by atoms with van der Waals surface area (Å²) in [5.41, 5.74) is 11.4. The molecule has 2 fully saturated rings. The molecule has 1 amide bonds. The maximum absolute atomic E-state index is 11.4. The molecule has 3 N–H and O–H groups in total. The van der Waals surface area contributed by atoms with Gasteiger partial charge in [-0.15, -0.1) is 0 Å². The quantitative estimate of drug-likeness (QED) is 0.470. The van der Waals surface area contributed by atoms with Gasteiger partial charge in [-0.2, -0.15) is 5.26 Å². The summed E-state index contributed by atoms with van der Waals surface area (Å²) in [5.74, 6) is 0.308. The average molecular weight is 526 g/mol. The Morgan fingerprint density at radius 2 is 2.08 bits per heavy atom. The molecule has 1 aromatic heterocycles. The van der Waals surface area contributed by atoms with Crippen LogP contribution in [0.5, 0.6) is 5.75 Å². The fourth-order valence-electron chi connectivity index (χ4n) is 5.95. The van der Waals surface area contributed by atoms with Crippen molar-refractivity contribution in [2.75, 3.05) is 42.7 Å². The largest absolute Gasteiger partial charge is 0.486 e. The fraction of sp³-hybridized carbons (Fsp3) is 0.367. The Bertz CT molecular complexity index is 1480. The van der Waals surface area contributed by atoms with Crippen molar-refractivity contribution in [3.63, 3.8) is 0 Å². The first-order chi connectivity index (χ1) is 19.1. The van der Waals surface area contributed by atoms with Gasteiger partial charge in [-0.05, 0) is 37.0 Å². The van der Waals surface area contributed by atoms with Crippen molar-refractivity contribution < 1.29 is 19.4 Å². The number of piperidine rings is 1. The molecule has 3 aromatic rings. The number of anilines is 3. The molecule has 200 valence electrons. The molecule has 0 radical (unpaired) electrons. The summed E-state index contributed by atoms with van der Waals surface area (Å²) in [4.78, 5) is 20.4. The van der Waals surface area contributed by atoms with E-state index in [1.165, 1.54) is 6.08 Å². The van der Waals surface area contributed by atoms with Gasteiger partial charge in [-0.3, -0.25) is 9.78 Å². The Labute approximate surface area is 227 Å². The van der Waals surface area contributed by atoms with Crippen LogP contribution in [-0.2, 0) is 16.0 Å². The molecule has 9 heteroatoms. The van der Waals surface area contributed by atoms with E-state index in [4.69, 9.17) is 15.2 Å². The molecule has 2 atom stereocenters. The van der Waals surface area contributed by atoms with E-state index in [-0.39, 0.29) is 18.8 Å². The molecule has 3 aliphatic rings. The number of pyridine rings is 1. The highest BCUT2D eigenvalue weighted by molar-refractivity contribution is 6.00. The van der Waals surface area contributed by atoms with E-state index in [1.54, 1.807) is 6.20 Å². The number of hydrogen-bond donors (Lipinski definition) is 2. The zero-order chi connectivity index (χ0) is 26.9. The first-order valence-electron chi connectivity index (χ1n) is 13.4. The SMILES string of the molecule is N#Cc1cnc2cc(OC3CCOC3)c(N3CCC(=CC(N)=O)CC3)cc2c1N1c2ccccc2CC1CO. The van der Waals surface area contributed by atoms with Gasteiger partial charge in [0.25, 0.3) is 0 Å². The number of nitriles is 1. The summed E-state index contributed by atoms with van der Waals surface area (Å²) >= 11 is 0. The number of fused-ring (bicyclic) bond motifs is 2. The van der Waals surface area contributed by atoms with Crippen molar-refractivity contribution >= 4 is 33.9 Å². The second-order valence-corrected chi connectivity index (χ2v) is 10.3. The number of aliphatic hydroxyl groups excluding tert-OH is 1. The van der Waals surface area contributed by atoms with Crippen molar-refractivity contribution in [2.24, 2.45) is 5.73 Å². The zero-order valence-corrected chi connectivity index (χ0v) is 21.7. The number of benzene rings is 2. The van der Waals surface area contributed by atoms with E-state index >= 15 is 0 Å². The molecule has 2 unspecified atom stereocenters. The van der Waals surface area contributed by atoms with Crippen LogP contribution in [0.1, 0.15) is 30.4 Å². The predicted molar refractivity (Wildman–Crippen MR) is 148 cm³/mol. The number of amides is 1. The lowest BCUT2D eigenvalue weighted by atomic mass is 10.0. The first kappa shape index (κ1) is 25.2. The molecule has 0 bridgehead atoms. The van der Waals surface area contributed by atoms with Crippen molar-refractivity contribution in [1.29, 1.82) is 5.26 Å². The Morgan fingerprint density at radius 3 is 2.79 bits per heavy atom. The maximum Gasteiger partial charge on any atom is 0.241 e. The number of carbonyl (C=O) groups excluding carboxylic acids is 1. The Morgan fingerprint density at radius 1 is 1.26 bits per heavy atom. The van der Waals surface area contributed by atoms with Gasteiger partial charge in [0.2, 0.25) is 5.91 Å². The van der Waals surface area contributed by atoms with Gasteiger partial charge in [0, 0.05) is 48.9 Å². The molecule has 39 heavy (non-hydrogen) atoms. The first-order valence-corrected chi connectivity index (χ1v) is 13.4. The minimum Gasteiger partial charge on any atom is -0.486 e. The molecule has 6 rings (SSSR count). The summed E-state index contributed by atoms with van der Waals surface area (Å²) in [5, 5.41) is 21.3. The van der Waals surface area contributed by atoms with E-state index in [1.807, 2.05) is 24.3 Å². The highest BCUT2D eigenvalue weighted by atomic mass is 16.5. The van der Waals surface area contributed by atoms with Crippen LogP contribution in [0.25, 0.3) is 10.9 Å². The normalized spacial score (nSPS) is 20.7. The number of nitrogens with two attached hydrogens (primary N) is 1. The Balaban J connectivity index is 1.49. The van der Waals surface area contributed by atoms with Gasteiger partial charge in [-0.1, -0.05) is 23.8 Å². The molecule has 0 spiro atoms. The molecule has 3 aliphatic heterocycles. The minimum absolute atomic E-state index is 0.0415. The lowest BCUT2D eigenvalue weighted by Gasteiger charge is -2.33. The molecule has 2 aromatic carbocycles. The fourth-order valence-corrected chi connectivity index (χ4v) is 5.95. The second-order valence-electron chi connectivity index (χ2n) is 10.3. The van der Waals surface area contributed by atoms with Crippen LogP contribution >= 0.6 is 0 Å². The van der Waals surface area contributed by atoms with E-state index < -0.39 is 5.91 Å². The van der Waals surface area contributed by atoms with Gasteiger partial charge >= 0.3 is 0 Å². The third kappa shape index (κ3) is 4.78. The number of para-hydroxylation sites is 1. The zero-order valence-electron chi connectivity index (χ0n) is 21.7. The summed E-state index contributed by atoms with van der Waals surface area (Å²) in [6.45, 7) is 2.57. The van der Waals surface area contributed by atoms with Crippen molar-refractivity contribution in [3.05, 3.63) is 65.4 Å². The number of hydrogen-bond acceptors (Lipinski definition) is 8. The Hall–Kier alpha value is -4.13. The number of carbonyl (C=O) groups is 1. The number of ether oxygens (including phenoxy) is 2. The smallest absolute Gasteiger partial charge is 0.241 e. The van der Waals surface area contributed by atoms with Crippen LogP contribution in [0, 0.1) is 11.3 Å². The highest BCUT2D eigenvalue weighted by Gasteiger charge is 2.33. The second kappa shape index (κ2) is 10.6. The third-order valence-corrected chi connectivity index (χ3v) is 7.84. The highest BCUT2D eigenvalue weighted by Crippen LogP contribution is 2.45. The van der Waals surface area contributed by atoms with Crippen LogP contribution in [0.4, 0.5) is 17.1 Å². The summed E-state index contributed by atoms with van der Waals surface area (Å²) in [6.07, 6.45) is 6.06. The topological polar surface area (TPSA) is 125 Å². The van der Waals surface area contributed by atoms with Gasteiger partial charge in [0.05, 0.1) is 48.3 Å². The van der Waals surface area contributed by atoms with E-state index in [0.29, 0.717) is 43.8 Å². The summed E-state index contributed by atoms with van der Waals surface area (Å²) in [7, 11) is 0. The Kier molecular flexibility index (Phi) is 6.81. The van der Waals surface area contributed by atoms with Crippen molar-refractivity contribution in [1.82, 2.24) is 4.98 Å². The third-order valence-electron chi connectivity index (χ3n) is 7.84. The van der Waals surface area contributed by atoms with Gasteiger partial charge < -0.3 is 30.1 Å². The molecule has 0 saturated carbocycles. The molecule has 2 saturated heterocycles. The molecule has 0 aliphatic carbocycles. The molecule has 4 heterocycles. The van der Waals surface area contributed by atoms with Crippen LogP contribution in [0.15, 0.2) is 54.2 Å². The lowest BCUT2D eigenvalue weighted by Crippen LogP contribution is -2.32. The van der Waals surface area contributed by atoms with Crippen molar-refractivity contribution in [2.45, 2.75) is 37.8 Å². The van der Waals surface area contributed by atoms with E-state index in [9.17, 15) is 15.2 Å². The number of primary amides is 1. The lowest BCUT2D eigenvalue weighted by molar-refractivity contribution is -0.113. The number of aromatic nitrogens is 1. The van der Waals surface area contributed by atoms with Gasteiger partial charge in [0.15, 0.2) is 0 Å². The maximum atomic E-state index is 11.4. The minimum atomic E-state index is -0.418. The molecular weight excluding hydrogens is 494 g/mol. The van der Waals surface area contributed by atoms with Gasteiger partial charge in [0.1, 0.15) is 17.9 Å². The van der Waals surface area contributed by atoms with E-state index in [0.717, 1.165) is 58.6 Å². The number of rotatable bonds is 6. The average Bonchev–Trinajstić information content (AvgIpc) is 3.59. The summed E-state index contributed by atoms with van der Waals surface area (Å²) in [6, 6.07) is 14.3. The van der Waals surface area contributed by atoms with E-state index in [2.05, 4.69) is 33.0 Å². The number of aliphatic hydroxyl groups is 1. The van der Waals surface area contributed by atoms with Crippen LogP contribution in [-0.4, -0.2) is 61.1 Å². The summed E-state index contributed by atoms with van der Waals surface area (Å²) < 4.78 is 12.0. The van der Waals surface area contributed by atoms with Crippen LogP contribution in [0.3, 0.4) is 0 Å². The van der Waals surface area contributed by atoms with Gasteiger partial charge in [-0.25, -0.2) is 0 Å². The van der Waals surface area contributed by atoms with Crippen molar-refractivity contribution in [3.8, 4) is 11.8 Å². The standard InChI is InChI=1S/C30H31N5O4/c31-15-21-16-33-25-14-28(39-23-7-10-38-18-23)27(34-8-5-19(6-9-34)11-29(32)37)13-24(25)30(21)35-22(17-36)12-20-3-1-2-4-26(20)35/h1-4,11,13-14,16,22-23,36H,5-10,12,17-18H2,(H2,32,37). The molecular formula is C30H31N5O4. The van der Waals surface area contributed by atoms with Crippen LogP contribution in [0.2, 0.25) is 0 Å².